The molecule has 5 heterocycles. The third-order valence-electron chi connectivity index (χ3n) is 6.39. The van der Waals surface area contributed by atoms with Crippen molar-refractivity contribution < 1.29 is 22.4 Å². The first-order valence-electron chi connectivity index (χ1n) is 10.5. The van der Waals surface area contributed by atoms with Crippen molar-refractivity contribution >= 4 is 11.4 Å². The SMILES string of the molecule is CC1(c2nnc(C(=O)N3CCc4[nH]cnc4[C@H]3c3cc4cccc(C(F)(F)F)n4n3)o2)CC1. The molecule has 0 bridgehead atoms. The molecule has 9 nitrogen and oxygen atoms in total. The molecule has 6 rings (SSSR count). The summed E-state index contributed by atoms with van der Waals surface area (Å²) >= 11 is 0. The number of hydrogen-bond donors (Lipinski definition) is 1. The number of aromatic amines is 1. The molecule has 2 aliphatic rings. The van der Waals surface area contributed by atoms with E-state index in [1.54, 1.807) is 0 Å². The Morgan fingerprint density at radius 1 is 1.27 bits per heavy atom. The van der Waals surface area contributed by atoms with Crippen molar-refractivity contribution in [3.05, 3.63) is 65.1 Å². The summed E-state index contributed by atoms with van der Waals surface area (Å²) in [5, 5.41) is 12.2. The highest BCUT2D eigenvalue weighted by atomic mass is 19.4. The molecule has 4 aromatic rings. The zero-order valence-corrected chi connectivity index (χ0v) is 17.4. The van der Waals surface area contributed by atoms with E-state index in [0.717, 1.165) is 29.1 Å². The number of H-pyrrole nitrogens is 1. The van der Waals surface area contributed by atoms with Crippen molar-refractivity contribution in [1.82, 2.24) is 34.7 Å². The molecule has 1 saturated carbocycles. The van der Waals surface area contributed by atoms with Crippen molar-refractivity contribution in [2.45, 2.75) is 43.8 Å². The second-order valence-electron chi connectivity index (χ2n) is 8.71. The summed E-state index contributed by atoms with van der Waals surface area (Å²) in [6, 6.07) is 4.55. The second kappa shape index (κ2) is 6.65. The van der Waals surface area contributed by atoms with Gasteiger partial charge in [0.05, 0.1) is 23.2 Å². The van der Waals surface area contributed by atoms with E-state index >= 15 is 0 Å². The number of pyridine rings is 1. The zero-order chi connectivity index (χ0) is 23.0. The minimum atomic E-state index is -4.58. The normalized spacial score (nSPS) is 19.6. The van der Waals surface area contributed by atoms with E-state index in [1.807, 2.05) is 6.92 Å². The molecule has 0 spiro atoms. The smallest absolute Gasteiger partial charge is 0.416 e. The number of aromatic nitrogens is 6. The lowest BCUT2D eigenvalue weighted by atomic mass is 9.99. The van der Waals surface area contributed by atoms with E-state index in [4.69, 9.17) is 4.42 Å². The first kappa shape index (κ1) is 19.9. The molecule has 1 aliphatic carbocycles. The zero-order valence-electron chi connectivity index (χ0n) is 17.4. The van der Waals surface area contributed by atoms with Crippen molar-refractivity contribution in [2.75, 3.05) is 6.54 Å². The number of hydrogen-bond acceptors (Lipinski definition) is 6. The van der Waals surface area contributed by atoms with Crippen LogP contribution in [-0.2, 0) is 18.0 Å². The lowest BCUT2D eigenvalue weighted by molar-refractivity contribution is -0.142. The summed E-state index contributed by atoms with van der Waals surface area (Å²) in [4.78, 5) is 22.3. The first-order chi connectivity index (χ1) is 15.7. The third kappa shape index (κ3) is 3.11. The Morgan fingerprint density at radius 3 is 2.85 bits per heavy atom. The predicted octanol–water partition coefficient (Wildman–Crippen LogP) is 3.30. The van der Waals surface area contributed by atoms with Crippen LogP contribution in [0.4, 0.5) is 13.2 Å². The quantitative estimate of drug-likeness (QED) is 0.506. The van der Waals surface area contributed by atoms with Crippen LogP contribution in [0.5, 0.6) is 0 Å². The molecule has 0 radical (unpaired) electrons. The monoisotopic (exact) mass is 457 g/mol. The Morgan fingerprint density at radius 2 is 2.09 bits per heavy atom. The van der Waals surface area contributed by atoms with Crippen LogP contribution in [-0.4, -0.2) is 47.1 Å². The molecule has 0 aromatic carbocycles. The van der Waals surface area contributed by atoms with E-state index in [9.17, 15) is 18.0 Å². The lowest BCUT2D eigenvalue weighted by Gasteiger charge is -2.32. The van der Waals surface area contributed by atoms with Crippen LogP contribution in [0.2, 0.25) is 0 Å². The van der Waals surface area contributed by atoms with Crippen LogP contribution in [0.3, 0.4) is 0 Å². The number of rotatable bonds is 3. The van der Waals surface area contributed by atoms with Gasteiger partial charge in [0.2, 0.25) is 5.89 Å². The summed E-state index contributed by atoms with van der Waals surface area (Å²) in [6.45, 7) is 2.27. The van der Waals surface area contributed by atoms with Crippen LogP contribution in [0.15, 0.2) is 35.0 Å². The molecular weight excluding hydrogens is 439 g/mol. The predicted molar refractivity (Wildman–Crippen MR) is 106 cm³/mol. The van der Waals surface area contributed by atoms with Gasteiger partial charge in [-0.15, -0.1) is 10.2 Å². The third-order valence-corrected chi connectivity index (χ3v) is 6.39. The standard InChI is InChI=1S/C21H18F3N7O2/c1-20(6-7-20)19-28-27-17(33-19)18(32)30-8-5-12-15(26-10-25-12)16(30)13-9-11-3-2-4-14(21(22,23)24)31(11)29-13/h2-4,9-10,16H,5-8H2,1H3,(H,25,26)/t16-/m1/s1. The molecule has 1 amide bonds. The fourth-order valence-corrected chi connectivity index (χ4v) is 4.26. The van der Waals surface area contributed by atoms with Crippen LogP contribution >= 0.6 is 0 Å². The Kier molecular flexibility index (Phi) is 4.02. The number of nitrogens with one attached hydrogen (secondary N) is 1. The molecule has 0 unspecified atom stereocenters. The fourth-order valence-electron chi connectivity index (χ4n) is 4.26. The number of nitrogens with zero attached hydrogens (tertiary/aromatic N) is 6. The van der Waals surface area contributed by atoms with Crippen LogP contribution < -0.4 is 0 Å². The van der Waals surface area contributed by atoms with E-state index in [-0.39, 0.29) is 29.1 Å². The molecule has 1 aliphatic heterocycles. The van der Waals surface area contributed by atoms with Gasteiger partial charge in [0.15, 0.2) is 0 Å². The molecule has 0 saturated heterocycles. The van der Waals surface area contributed by atoms with E-state index in [0.29, 0.717) is 18.0 Å². The molecule has 170 valence electrons. The Balaban J connectivity index is 1.44. The van der Waals surface area contributed by atoms with Gasteiger partial charge >= 0.3 is 18.0 Å². The summed E-state index contributed by atoms with van der Waals surface area (Å²) in [7, 11) is 0. The summed E-state index contributed by atoms with van der Waals surface area (Å²) in [6.07, 6.45) is -0.761. The van der Waals surface area contributed by atoms with Crippen LogP contribution in [0, 0.1) is 0 Å². The minimum Gasteiger partial charge on any atom is -0.416 e. The summed E-state index contributed by atoms with van der Waals surface area (Å²) < 4.78 is 47.1. The Bertz CT molecular complexity index is 1380. The van der Waals surface area contributed by atoms with Crippen LogP contribution in [0.25, 0.3) is 5.52 Å². The number of carbonyl (C=O) groups excluding carboxylic acids is 1. The highest BCUT2D eigenvalue weighted by Gasteiger charge is 2.45. The van der Waals surface area contributed by atoms with E-state index in [2.05, 4.69) is 25.3 Å². The Labute approximate surface area is 184 Å². The van der Waals surface area contributed by atoms with E-state index < -0.39 is 23.8 Å². The van der Waals surface area contributed by atoms with Crippen molar-refractivity contribution in [3.63, 3.8) is 0 Å². The van der Waals surface area contributed by atoms with Gasteiger partial charge in [-0.1, -0.05) is 13.0 Å². The number of fused-ring (bicyclic) bond motifs is 2. The van der Waals surface area contributed by atoms with Gasteiger partial charge in [-0.2, -0.15) is 18.3 Å². The molecule has 12 heteroatoms. The second-order valence-corrected chi connectivity index (χ2v) is 8.71. The first-order valence-corrected chi connectivity index (χ1v) is 10.5. The van der Waals surface area contributed by atoms with Gasteiger partial charge in [-0.3, -0.25) is 4.79 Å². The number of halogens is 3. The van der Waals surface area contributed by atoms with Crippen molar-refractivity contribution in [1.29, 1.82) is 0 Å². The fraction of sp³-hybridized carbons (Fsp3) is 0.381. The minimum absolute atomic E-state index is 0.151. The number of alkyl halides is 3. The molecule has 33 heavy (non-hydrogen) atoms. The maximum Gasteiger partial charge on any atom is 0.433 e. The molecule has 1 N–H and O–H groups in total. The average Bonchev–Trinajstić information content (AvgIpc) is 3.23. The maximum absolute atomic E-state index is 13.5. The lowest BCUT2D eigenvalue weighted by Crippen LogP contribution is -2.41. The average molecular weight is 457 g/mol. The molecular formula is C21H18F3N7O2. The number of amides is 1. The van der Waals surface area contributed by atoms with Gasteiger partial charge < -0.3 is 14.3 Å². The van der Waals surface area contributed by atoms with Gasteiger partial charge in [-0.25, -0.2) is 9.50 Å². The Hall–Kier alpha value is -3.70. The van der Waals surface area contributed by atoms with Gasteiger partial charge in [0, 0.05) is 24.1 Å². The largest absolute Gasteiger partial charge is 0.433 e. The van der Waals surface area contributed by atoms with Crippen LogP contribution in [0.1, 0.15) is 65.2 Å². The van der Waals surface area contributed by atoms with Gasteiger partial charge in [0.1, 0.15) is 11.7 Å². The summed E-state index contributed by atoms with van der Waals surface area (Å²) in [5.41, 5.74) is 0.756. The number of carbonyl (C=O) groups is 1. The molecule has 1 fully saturated rings. The molecule has 4 aromatic heterocycles. The highest BCUT2D eigenvalue weighted by molar-refractivity contribution is 5.90. The van der Waals surface area contributed by atoms with Gasteiger partial charge in [-0.05, 0) is 31.0 Å². The highest BCUT2D eigenvalue weighted by Crippen LogP contribution is 2.47. The van der Waals surface area contributed by atoms with E-state index in [1.165, 1.54) is 29.4 Å². The maximum atomic E-state index is 13.5. The number of imidazole rings is 1. The van der Waals surface area contributed by atoms with Gasteiger partial charge in [0.25, 0.3) is 0 Å². The summed E-state index contributed by atoms with van der Waals surface area (Å²) in [5.74, 6) is -0.242. The topological polar surface area (TPSA) is 105 Å². The van der Waals surface area contributed by atoms with Crippen molar-refractivity contribution in [3.8, 4) is 0 Å². The van der Waals surface area contributed by atoms with Crippen molar-refractivity contribution in [2.24, 2.45) is 0 Å². The molecule has 1 atom stereocenters.